The number of aliphatic hydroxyl groups is 1. The summed E-state index contributed by atoms with van der Waals surface area (Å²) in [5.74, 6) is 0.422. The van der Waals surface area contributed by atoms with Crippen molar-refractivity contribution in [3.8, 4) is 5.75 Å². The molecule has 2 aromatic carbocycles. The van der Waals surface area contributed by atoms with Crippen LogP contribution >= 0.6 is 0 Å². The number of rotatable bonds is 5. The van der Waals surface area contributed by atoms with Crippen LogP contribution in [0, 0.1) is 13.8 Å². The average Bonchev–Trinajstić information content (AvgIpc) is 2.54. The molecule has 0 unspecified atom stereocenters. The predicted molar refractivity (Wildman–Crippen MR) is 86.2 cm³/mol. The van der Waals surface area contributed by atoms with Crippen LogP contribution in [0.4, 0.5) is 0 Å². The van der Waals surface area contributed by atoms with Gasteiger partial charge in [0, 0.05) is 17.7 Å². The Morgan fingerprint density at radius 1 is 1.18 bits per heavy atom. The number of hydrogen-bond donors (Lipinski definition) is 2. The lowest BCUT2D eigenvalue weighted by Gasteiger charge is -2.16. The second-order valence-corrected chi connectivity index (χ2v) is 5.22. The highest BCUT2D eigenvalue weighted by Crippen LogP contribution is 2.24. The Morgan fingerprint density at radius 3 is 2.64 bits per heavy atom. The summed E-state index contributed by atoms with van der Waals surface area (Å²) in [4.78, 5) is 12.3. The van der Waals surface area contributed by atoms with Gasteiger partial charge in [-0.25, -0.2) is 0 Å². The largest absolute Gasteiger partial charge is 0.496 e. The minimum absolute atomic E-state index is 0.132. The second kappa shape index (κ2) is 7.09. The minimum atomic E-state index is -0.815. The number of benzene rings is 2. The standard InChI is InChI=1S/C18H21NO3/c1-12-7-6-9-14(13(12)2)18(21)19-11-16(20)15-8-4-5-10-17(15)22-3/h4-10,16,20H,11H2,1-3H3,(H,19,21)/t16-/m1/s1. The number of aliphatic hydroxyl groups excluding tert-OH is 1. The van der Waals surface area contributed by atoms with Crippen LogP contribution in [-0.2, 0) is 0 Å². The van der Waals surface area contributed by atoms with Crippen LogP contribution in [0.3, 0.4) is 0 Å². The maximum Gasteiger partial charge on any atom is 0.251 e. The van der Waals surface area contributed by atoms with Gasteiger partial charge in [0.2, 0.25) is 0 Å². The smallest absolute Gasteiger partial charge is 0.251 e. The van der Waals surface area contributed by atoms with Gasteiger partial charge in [-0.15, -0.1) is 0 Å². The molecule has 0 aromatic heterocycles. The molecule has 0 aliphatic heterocycles. The maximum absolute atomic E-state index is 12.3. The first-order chi connectivity index (χ1) is 10.5. The minimum Gasteiger partial charge on any atom is -0.496 e. The van der Waals surface area contributed by atoms with Gasteiger partial charge in [0.1, 0.15) is 5.75 Å². The Labute approximate surface area is 130 Å². The van der Waals surface area contributed by atoms with Crippen molar-refractivity contribution in [3.05, 3.63) is 64.7 Å². The molecule has 0 fully saturated rings. The number of carbonyl (C=O) groups excluding carboxylic acids is 1. The van der Waals surface area contributed by atoms with Crippen molar-refractivity contribution < 1.29 is 14.6 Å². The third-order valence-corrected chi connectivity index (χ3v) is 3.80. The normalized spacial score (nSPS) is 11.8. The molecule has 2 aromatic rings. The fourth-order valence-corrected chi connectivity index (χ4v) is 2.33. The molecule has 2 rings (SSSR count). The van der Waals surface area contributed by atoms with Crippen molar-refractivity contribution in [3.63, 3.8) is 0 Å². The van der Waals surface area contributed by atoms with Crippen molar-refractivity contribution in [2.45, 2.75) is 20.0 Å². The van der Waals surface area contributed by atoms with E-state index in [1.807, 2.05) is 38.1 Å². The van der Waals surface area contributed by atoms with Gasteiger partial charge in [0.25, 0.3) is 5.91 Å². The van der Waals surface area contributed by atoms with Crippen LogP contribution in [0.15, 0.2) is 42.5 Å². The predicted octanol–water partition coefficient (Wildman–Crippen LogP) is 2.78. The SMILES string of the molecule is COc1ccccc1[C@H](O)CNC(=O)c1cccc(C)c1C. The number of nitrogens with one attached hydrogen (secondary N) is 1. The molecule has 4 nitrogen and oxygen atoms in total. The highest BCUT2D eigenvalue weighted by Gasteiger charge is 2.15. The van der Waals surface area contributed by atoms with Crippen LogP contribution in [0.1, 0.15) is 33.2 Å². The van der Waals surface area contributed by atoms with Gasteiger partial charge < -0.3 is 15.2 Å². The van der Waals surface area contributed by atoms with E-state index in [0.29, 0.717) is 16.9 Å². The summed E-state index contributed by atoms with van der Waals surface area (Å²) in [5, 5.41) is 13.0. The molecule has 1 atom stereocenters. The topological polar surface area (TPSA) is 58.6 Å². The highest BCUT2D eigenvalue weighted by molar-refractivity contribution is 5.95. The van der Waals surface area contributed by atoms with E-state index in [1.165, 1.54) is 0 Å². The first-order valence-corrected chi connectivity index (χ1v) is 7.20. The van der Waals surface area contributed by atoms with E-state index >= 15 is 0 Å². The average molecular weight is 299 g/mol. The summed E-state index contributed by atoms with van der Waals surface area (Å²) in [6.45, 7) is 4.02. The van der Waals surface area contributed by atoms with E-state index in [9.17, 15) is 9.90 Å². The number of methoxy groups -OCH3 is 1. The zero-order valence-electron chi connectivity index (χ0n) is 13.1. The summed E-state index contributed by atoms with van der Waals surface area (Å²) in [7, 11) is 1.56. The Morgan fingerprint density at radius 2 is 1.91 bits per heavy atom. The van der Waals surface area contributed by atoms with E-state index in [-0.39, 0.29) is 12.5 Å². The Bertz CT molecular complexity index is 667. The number of carbonyl (C=O) groups is 1. The van der Waals surface area contributed by atoms with Gasteiger partial charge in [-0.1, -0.05) is 30.3 Å². The molecule has 0 bridgehead atoms. The second-order valence-electron chi connectivity index (χ2n) is 5.22. The molecule has 0 spiro atoms. The van der Waals surface area contributed by atoms with Gasteiger partial charge in [-0.2, -0.15) is 0 Å². The molecule has 22 heavy (non-hydrogen) atoms. The van der Waals surface area contributed by atoms with Crippen molar-refractivity contribution in [2.24, 2.45) is 0 Å². The van der Waals surface area contributed by atoms with E-state index in [1.54, 1.807) is 25.3 Å². The fourth-order valence-electron chi connectivity index (χ4n) is 2.33. The summed E-state index contributed by atoms with van der Waals surface area (Å²) >= 11 is 0. The van der Waals surface area contributed by atoms with Crippen molar-refractivity contribution in [1.29, 1.82) is 0 Å². The third-order valence-electron chi connectivity index (χ3n) is 3.80. The lowest BCUT2D eigenvalue weighted by molar-refractivity contribution is 0.0914. The van der Waals surface area contributed by atoms with Crippen LogP contribution in [-0.4, -0.2) is 24.7 Å². The molecule has 116 valence electrons. The lowest BCUT2D eigenvalue weighted by atomic mass is 10.0. The molecule has 0 saturated heterocycles. The first kappa shape index (κ1) is 16.0. The molecule has 2 N–H and O–H groups in total. The Kier molecular flexibility index (Phi) is 5.17. The van der Waals surface area contributed by atoms with Crippen LogP contribution < -0.4 is 10.1 Å². The van der Waals surface area contributed by atoms with E-state index < -0.39 is 6.10 Å². The van der Waals surface area contributed by atoms with Crippen LogP contribution in [0.5, 0.6) is 5.75 Å². The third kappa shape index (κ3) is 3.46. The van der Waals surface area contributed by atoms with Crippen LogP contribution in [0.25, 0.3) is 0 Å². The first-order valence-electron chi connectivity index (χ1n) is 7.20. The summed E-state index contributed by atoms with van der Waals surface area (Å²) < 4.78 is 5.22. The lowest BCUT2D eigenvalue weighted by Crippen LogP contribution is -2.29. The molecule has 0 heterocycles. The summed E-state index contributed by atoms with van der Waals surface area (Å²) in [6.07, 6.45) is -0.815. The fraction of sp³-hybridized carbons (Fsp3) is 0.278. The summed E-state index contributed by atoms with van der Waals surface area (Å²) in [5.41, 5.74) is 3.31. The Balaban J connectivity index is 2.06. The number of ether oxygens (including phenoxy) is 1. The number of para-hydroxylation sites is 1. The number of aryl methyl sites for hydroxylation is 1. The molecule has 0 aliphatic rings. The van der Waals surface area contributed by atoms with E-state index in [4.69, 9.17) is 4.74 Å². The molecule has 0 aliphatic carbocycles. The molecular formula is C18H21NO3. The van der Waals surface area contributed by atoms with E-state index in [0.717, 1.165) is 11.1 Å². The number of amides is 1. The van der Waals surface area contributed by atoms with Gasteiger partial charge in [-0.05, 0) is 37.1 Å². The highest BCUT2D eigenvalue weighted by atomic mass is 16.5. The van der Waals surface area contributed by atoms with Gasteiger partial charge in [0.15, 0.2) is 0 Å². The molecule has 1 amide bonds. The van der Waals surface area contributed by atoms with Crippen molar-refractivity contribution in [1.82, 2.24) is 5.32 Å². The number of hydrogen-bond acceptors (Lipinski definition) is 3. The zero-order chi connectivity index (χ0) is 16.1. The molecule has 4 heteroatoms. The van der Waals surface area contributed by atoms with Crippen LogP contribution in [0.2, 0.25) is 0 Å². The van der Waals surface area contributed by atoms with Crippen molar-refractivity contribution >= 4 is 5.91 Å². The Hall–Kier alpha value is -2.33. The molecule has 0 saturated carbocycles. The maximum atomic E-state index is 12.3. The quantitative estimate of drug-likeness (QED) is 0.892. The summed E-state index contributed by atoms with van der Waals surface area (Å²) in [6, 6.07) is 12.8. The zero-order valence-corrected chi connectivity index (χ0v) is 13.1. The monoisotopic (exact) mass is 299 g/mol. The molecule has 0 radical (unpaired) electrons. The van der Waals surface area contributed by atoms with Gasteiger partial charge in [0.05, 0.1) is 13.2 Å². The van der Waals surface area contributed by atoms with Crippen molar-refractivity contribution in [2.75, 3.05) is 13.7 Å². The van der Waals surface area contributed by atoms with Gasteiger partial charge in [-0.3, -0.25) is 4.79 Å². The van der Waals surface area contributed by atoms with E-state index in [2.05, 4.69) is 5.32 Å². The van der Waals surface area contributed by atoms with Gasteiger partial charge >= 0.3 is 0 Å². The molecular weight excluding hydrogens is 278 g/mol.